The van der Waals surface area contributed by atoms with Gasteiger partial charge >= 0.3 is 0 Å². The van der Waals surface area contributed by atoms with Crippen LogP contribution in [0.5, 0.6) is 11.6 Å². The first-order valence-electron chi connectivity index (χ1n) is 24.5. The summed E-state index contributed by atoms with van der Waals surface area (Å²) >= 11 is 0. The molecule has 378 valence electrons. The van der Waals surface area contributed by atoms with E-state index in [0.717, 1.165) is 45.2 Å². The van der Waals surface area contributed by atoms with Crippen LogP contribution in [0.25, 0.3) is 22.6 Å². The lowest BCUT2D eigenvalue weighted by molar-refractivity contribution is -0.0963. The highest BCUT2D eigenvalue weighted by molar-refractivity contribution is 7.44. The molecule has 0 saturated carbocycles. The van der Waals surface area contributed by atoms with Crippen LogP contribution in [-0.4, -0.2) is 94.6 Å². The predicted molar refractivity (Wildman–Crippen MR) is 280 cm³/mol. The van der Waals surface area contributed by atoms with Crippen LogP contribution in [0.2, 0.25) is 25.7 Å². The first-order valence-corrected chi connectivity index (χ1v) is 29.4. The van der Waals surface area contributed by atoms with Gasteiger partial charge in [-0.2, -0.15) is 10.2 Å². The van der Waals surface area contributed by atoms with Crippen molar-refractivity contribution in [2.45, 2.75) is 116 Å². The van der Waals surface area contributed by atoms with Crippen LogP contribution in [-0.2, 0) is 35.5 Å². The number of hydrogen-bond donors (Lipinski definition) is 0. The molecule has 17 heteroatoms. The molecule has 0 radical (unpaired) electrons. The van der Waals surface area contributed by atoms with Crippen LogP contribution in [0.15, 0.2) is 133 Å². The number of aryl methyl sites for hydroxylation is 1. The second-order valence-electron chi connectivity index (χ2n) is 19.6. The molecule has 7 aromatic rings. The van der Waals surface area contributed by atoms with Crippen molar-refractivity contribution in [3.05, 3.63) is 156 Å². The van der Waals surface area contributed by atoms with Gasteiger partial charge in [-0.3, -0.25) is 4.57 Å². The van der Waals surface area contributed by atoms with Gasteiger partial charge in [0.1, 0.15) is 42.3 Å². The van der Waals surface area contributed by atoms with Crippen LogP contribution in [0, 0.1) is 18.3 Å². The van der Waals surface area contributed by atoms with Crippen molar-refractivity contribution in [3.8, 4) is 29.2 Å². The molecule has 0 amide bonds. The summed E-state index contributed by atoms with van der Waals surface area (Å²) in [7, 11) is -1.57. The molecule has 1 aliphatic rings. The molecule has 1 aliphatic heterocycles. The third-order valence-corrected chi connectivity index (χ3v) is 16.4. The highest BCUT2D eigenvalue weighted by Gasteiger charge is 2.52. The Bertz CT molecular complexity index is 2820. The number of imidazole rings is 1. The van der Waals surface area contributed by atoms with Gasteiger partial charge in [0.2, 0.25) is 11.8 Å². The fourth-order valence-electron chi connectivity index (χ4n) is 8.89. The zero-order valence-corrected chi connectivity index (χ0v) is 44.6. The molecule has 3 unspecified atom stereocenters. The van der Waals surface area contributed by atoms with E-state index < -0.39 is 46.7 Å². The third-order valence-electron chi connectivity index (χ3n) is 12.5. The van der Waals surface area contributed by atoms with Crippen molar-refractivity contribution in [3.63, 3.8) is 0 Å². The molecule has 8 rings (SSSR count). The van der Waals surface area contributed by atoms with Gasteiger partial charge in [0.05, 0.1) is 58.6 Å². The van der Waals surface area contributed by atoms with E-state index in [9.17, 15) is 5.26 Å². The summed E-state index contributed by atoms with van der Waals surface area (Å²) in [5.41, 5.74) is 5.46. The summed E-state index contributed by atoms with van der Waals surface area (Å²) in [6, 6.07) is 37.8. The van der Waals surface area contributed by atoms with Crippen LogP contribution in [0.3, 0.4) is 0 Å². The van der Waals surface area contributed by atoms with E-state index in [1.54, 1.807) is 25.9 Å². The molecule has 3 aromatic heterocycles. The molecule has 6 atom stereocenters. The fraction of sp³-hybridized carbons (Fsp3) is 0.400. The second kappa shape index (κ2) is 23.8. The van der Waals surface area contributed by atoms with Crippen LogP contribution < -0.4 is 9.47 Å². The summed E-state index contributed by atoms with van der Waals surface area (Å²) in [6.45, 7) is 18.4. The highest BCUT2D eigenvalue weighted by atomic mass is 31.2. The van der Waals surface area contributed by atoms with Crippen molar-refractivity contribution < 1.29 is 37.1 Å². The quantitative estimate of drug-likeness (QED) is 0.0243. The maximum Gasteiger partial charge on any atom is 0.259 e. The number of ether oxygens (including phenoxy) is 5. The average molecular weight is 1010 g/mol. The zero-order valence-electron chi connectivity index (χ0n) is 42.7. The van der Waals surface area contributed by atoms with E-state index in [0.29, 0.717) is 29.5 Å². The molecule has 72 heavy (non-hydrogen) atoms. The summed E-state index contributed by atoms with van der Waals surface area (Å²) in [5.74, 6) is 1.64. The Morgan fingerprint density at radius 3 is 2.17 bits per heavy atom. The zero-order chi connectivity index (χ0) is 50.8. The maximum atomic E-state index is 9.68. The lowest BCUT2D eigenvalue weighted by Crippen LogP contribution is -2.43. The summed E-state index contributed by atoms with van der Waals surface area (Å²) in [6.07, 6.45) is 3.32. The molecule has 4 aromatic carbocycles. The number of benzene rings is 4. The SMILES string of the molecule is COc1ccc(C(OCC2O[C@@H](n3cnc4c(OCC[Si](C)(C)C)ncnc43)[C@H](OCc3ccc(-c4ncco4)cc3)[C@@H]2OP(OCCC#N)N(C(C)C)C(C)C)(c2ccccc2)c2ccc(C)cc2)cc1. The Hall–Kier alpha value is -5.86. The smallest absolute Gasteiger partial charge is 0.259 e. The van der Waals surface area contributed by atoms with Crippen molar-refractivity contribution >= 4 is 27.8 Å². The molecule has 0 N–H and O–H groups in total. The van der Waals surface area contributed by atoms with Gasteiger partial charge in [-0.25, -0.2) is 19.6 Å². The lowest BCUT2D eigenvalue weighted by atomic mass is 9.79. The number of methoxy groups -OCH3 is 1. The Morgan fingerprint density at radius 2 is 1.53 bits per heavy atom. The van der Waals surface area contributed by atoms with Gasteiger partial charge in [0.15, 0.2) is 17.4 Å². The topological polar surface area (TPSA) is 161 Å². The van der Waals surface area contributed by atoms with Gasteiger partial charge in [-0.1, -0.05) is 104 Å². The minimum atomic E-state index is -1.81. The van der Waals surface area contributed by atoms with Crippen molar-refractivity contribution in [2.75, 3.05) is 26.9 Å². The van der Waals surface area contributed by atoms with Crippen LogP contribution in [0.1, 0.15) is 68.2 Å². The van der Waals surface area contributed by atoms with Gasteiger partial charge in [0.25, 0.3) is 8.53 Å². The Morgan fingerprint density at radius 1 is 0.833 bits per heavy atom. The van der Waals surface area contributed by atoms with Crippen molar-refractivity contribution in [2.24, 2.45) is 0 Å². The van der Waals surface area contributed by atoms with Gasteiger partial charge in [0, 0.05) is 25.7 Å². The number of fused-ring (bicyclic) bond motifs is 1. The number of aromatic nitrogens is 5. The molecular formula is C55H66N7O8PSi. The molecule has 0 aliphatic carbocycles. The summed E-state index contributed by atoms with van der Waals surface area (Å²) in [5, 5.41) is 9.68. The number of rotatable bonds is 24. The van der Waals surface area contributed by atoms with E-state index in [-0.39, 0.29) is 38.3 Å². The van der Waals surface area contributed by atoms with Crippen molar-refractivity contribution in [1.29, 1.82) is 5.26 Å². The molecule has 0 bridgehead atoms. The lowest BCUT2D eigenvalue weighted by Gasteiger charge is -2.39. The molecular weight excluding hydrogens is 946 g/mol. The maximum absolute atomic E-state index is 9.68. The van der Waals surface area contributed by atoms with E-state index in [1.807, 2.05) is 71.3 Å². The molecule has 4 heterocycles. The fourth-order valence-corrected chi connectivity index (χ4v) is 11.4. The number of oxazole rings is 1. The standard InChI is InChI=1S/C55H66N7O8PSi/c1-38(2)62(39(3)4)71(68-30-13-28-56)70-49-47(35-67-55(43-14-11-10-12-15-43,44-22-16-40(5)17-23-44)45-24-26-46(63-6)27-25-45)69-54(50(49)66-34-41-18-20-42(21-19-41)52-57-29-31-64-52)61-37-60-48-51(61)58-36-59-53(48)65-32-33-72(7,8)9/h10-12,14-27,29,31,36-39,47,49-50,54H,13,30,32-35H2,1-9H3/t47?,49-,50-,54-,55?,71?/m1/s1. The minimum Gasteiger partial charge on any atom is -0.497 e. The van der Waals surface area contributed by atoms with Gasteiger partial charge in [-0.05, 0) is 87.2 Å². The van der Waals surface area contributed by atoms with Gasteiger partial charge in [-0.15, -0.1) is 0 Å². The second-order valence-corrected chi connectivity index (χ2v) is 26.6. The number of hydrogen-bond acceptors (Lipinski definition) is 14. The third kappa shape index (κ3) is 12.1. The normalized spacial score (nSPS) is 18.4. The predicted octanol–water partition coefficient (Wildman–Crippen LogP) is 11.7. The molecule has 0 spiro atoms. The van der Waals surface area contributed by atoms with Gasteiger partial charge < -0.3 is 37.1 Å². The first-order chi connectivity index (χ1) is 34.8. The minimum absolute atomic E-state index is 0.0172. The Kier molecular flexibility index (Phi) is 17.3. The largest absolute Gasteiger partial charge is 0.497 e. The number of nitriles is 1. The molecule has 1 saturated heterocycles. The van der Waals surface area contributed by atoms with E-state index in [1.165, 1.54) is 6.33 Å². The van der Waals surface area contributed by atoms with Crippen LogP contribution >= 0.6 is 8.53 Å². The number of nitrogens with zero attached hydrogens (tertiary/aromatic N) is 7. The van der Waals surface area contributed by atoms with E-state index in [4.69, 9.17) is 47.1 Å². The monoisotopic (exact) mass is 1010 g/mol. The highest BCUT2D eigenvalue weighted by Crippen LogP contribution is 2.52. The van der Waals surface area contributed by atoms with Crippen molar-refractivity contribution in [1.82, 2.24) is 29.2 Å². The van der Waals surface area contributed by atoms with E-state index in [2.05, 4.69) is 111 Å². The molecule has 1 fully saturated rings. The van der Waals surface area contributed by atoms with E-state index >= 15 is 0 Å². The Balaban J connectivity index is 1.26. The molecule has 15 nitrogen and oxygen atoms in total. The average Bonchev–Trinajstić information content (AvgIpc) is 4.15. The van der Waals surface area contributed by atoms with Crippen LogP contribution in [0.4, 0.5) is 0 Å². The Labute approximate surface area is 425 Å². The first kappa shape index (κ1) is 52.5. The summed E-state index contributed by atoms with van der Waals surface area (Å²) in [4.78, 5) is 18.5. The summed E-state index contributed by atoms with van der Waals surface area (Å²) < 4.78 is 57.7.